The predicted molar refractivity (Wildman–Crippen MR) is 84.4 cm³/mol. The number of nitrogens with zero attached hydrogens (tertiary/aromatic N) is 4. The van der Waals surface area contributed by atoms with Crippen LogP contribution in [0.1, 0.15) is 44.2 Å². The van der Waals surface area contributed by atoms with Gasteiger partial charge in [-0.3, -0.25) is 14.3 Å². The molecule has 0 aromatic carbocycles. The van der Waals surface area contributed by atoms with Crippen molar-refractivity contribution in [2.24, 2.45) is 5.92 Å². The summed E-state index contributed by atoms with van der Waals surface area (Å²) in [5, 5.41) is 10.4. The van der Waals surface area contributed by atoms with Crippen molar-refractivity contribution in [2.45, 2.75) is 57.2 Å². The number of hydrogen-bond acceptors (Lipinski definition) is 4. The van der Waals surface area contributed by atoms with Crippen LogP contribution in [-0.4, -0.2) is 43.1 Å². The summed E-state index contributed by atoms with van der Waals surface area (Å²) >= 11 is 0. The molecule has 3 atom stereocenters. The number of aliphatic hydroxyl groups excluding tert-OH is 1. The van der Waals surface area contributed by atoms with Crippen LogP contribution in [0.2, 0.25) is 0 Å². The van der Waals surface area contributed by atoms with Crippen LogP contribution in [0, 0.1) is 5.92 Å². The van der Waals surface area contributed by atoms with Crippen LogP contribution >= 0.6 is 0 Å². The third-order valence-electron chi connectivity index (χ3n) is 5.45. The minimum atomic E-state index is -0.106. The van der Waals surface area contributed by atoms with Gasteiger partial charge in [0.25, 0.3) is 0 Å². The Balaban J connectivity index is 1.54. The van der Waals surface area contributed by atoms with Crippen LogP contribution in [0.4, 0.5) is 0 Å². The Kier molecular flexibility index (Phi) is 3.84. The van der Waals surface area contributed by atoms with Crippen molar-refractivity contribution in [1.82, 2.24) is 19.3 Å². The Morgan fingerprint density at radius 3 is 2.95 bits per heavy atom. The second-order valence-electron chi connectivity index (χ2n) is 6.75. The molecular weight excluding hydrogens is 276 g/mol. The zero-order chi connectivity index (χ0) is 14.9. The van der Waals surface area contributed by atoms with Crippen LogP contribution in [0.5, 0.6) is 0 Å². The molecule has 2 aliphatic rings. The molecule has 1 saturated heterocycles. The molecule has 0 amide bonds. The van der Waals surface area contributed by atoms with Gasteiger partial charge in [-0.25, -0.2) is 4.98 Å². The standard InChI is InChI=1S/C17H24N4O/c22-16-6-2-1-4-14(16)15-5-3-8-20(15)12-13-10-19-17-11-18-7-9-21(13)17/h7,9-11,14-16,22H,1-6,8,12H2. The molecule has 1 aliphatic carbocycles. The molecule has 1 N–H and O–H groups in total. The van der Waals surface area contributed by atoms with Crippen molar-refractivity contribution in [1.29, 1.82) is 0 Å². The SMILES string of the molecule is OC1CCCCC1C1CCCN1Cc1cnc2cnccn12. The molecule has 2 aromatic rings. The topological polar surface area (TPSA) is 53.7 Å². The van der Waals surface area contributed by atoms with Gasteiger partial charge in [0.15, 0.2) is 5.65 Å². The van der Waals surface area contributed by atoms with Crippen molar-refractivity contribution in [3.63, 3.8) is 0 Å². The average Bonchev–Trinajstić information content (AvgIpc) is 3.16. The van der Waals surface area contributed by atoms with Crippen LogP contribution in [0.3, 0.4) is 0 Å². The molecule has 2 fully saturated rings. The maximum Gasteiger partial charge on any atom is 0.155 e. The molecule has 0 radical (unpaired) electrons. The van der Waals surface area contributed by atoms with Gasteiger partial charge in [0, 0.05) is 30.9 Å². The van der Waals surface area contributed by atoms with Crippen LogP contribution in [0.25, 0.3) is 5.65 Å². The third-order valence-corrected chi connectivity index (χ3v) is 5.45. The Hall–Kier alpha value is -1.46. The van der Waals surface area contributed by atoms with Gasteiger partial charge in [-0.05, 0) is 32.2 Å². The fourth-order valence-corrected chi connectivity index (χ4v) is 4.34. The fourth-order valence-electron chi connectivity index (χ4n) is 4.34. The maximum atomic E-state index is 10.4. The fraction of sp³-hybridized carbons (Fsp3) is 0.647. The van der Waals surface area contributed by atoms with Gasteiger partial charge >= 0.3 is 0 Å². The summed E-state index contributed by atoms with van der Waals surface area (Å²) in [6.45, 7) is 2.05. The minimum Gasteiger partial charge on any atom is -0.393 e. The lowest BCUT2D eigenvalue weighted by molar-refractivity contribution is 0.0198. The van der Waals surface area contributed by atoms with E-state index in [9.17, 15) is 5.11 Å². The highest BCUT2D eigenvalue weighted by atomic mass is 16.3. The largest absolute Gasteiger partial charge is 0.393 e. The van der Waals surface area contributed by atoms with E-state index in [1.807, 2.05) is 18.6 Å². The summed E-state index contributed by atoms with van der Waals surface area (Å²) in [7, 11) is 0. The molecule has 22 heavy (non-hydrogen) atoms. The molecule has 0 spiro atoms. The van der Waals surface area contributed by atoms with Crippen molar-refractivity contribution in [3.8, 4) is 0 Å². The first-order chi connectivity index (χ1) is 10.8. The molecule has 1 saturated carbocycles. The number of aromatic nitrogens is 3. The highest BCUT2D eigenvalue weighted by Crippen LogP contribution is 2.35. The zero-order valence-corrected chi connectivity index (χ0v) is 12.9. The maximum absolute atomic E-state index is 10.4. The van der Waals surface area contributed by atoms with Crippen molar-refractivity contribution < 1.29 is 5.11 Å². The van der Waals surface area contributed by atoms with E-state index in [1.54, 1.807) is 6.20 Å². The summed E-state index contributed by atoms with van der Waals surface area (Å²) in [5.41, 5.74) is 2.13. The van der Waals surface area contributed by atoms with E-state index in [-0.39, 0.29) is 6.10 Å². The first kappa shape index (κ1) is 14.2. The number of rotatable bonds is 3. The lowest BCUT2D eigenvalue weighted by Crippen LogP contribution is -2.42. The van der Waals surface area contributed by atoms with Gasteiger partial charge in [0.1, 0.15) is 0 Å². The first-order valence-corrected chi connectivity index (χ1v) is 8.51. The number of likely N-dealkylation sites (tertiary alicyclic amines) is 1. The summed E-state index contributed by atoms with van der Waals surface area (Å²) in [6, 6.07) is 0.530. The monoisotopic (exact) mass is 300 g/mol. The van der Waals surface area contributed by atoms with E-state index in [4.69, 9.17) is 0 Å². The van der Waals surface area contributed by atoms with Crippen LogP contribution in [0.15, 0.2) is 24.8 Å². The molecule has 2 aromatic heterocycles. The van der Waals surface area contributed by atoms with Gasteiger partial charge < -0.3 is 5.11 Å². The Bertz CT molecular complexity index is 640. The summed E-state index contributed by atoms with van der Waals surface area (Å²) < 4.78 is 2.12. The minimum absolute atomic E-state index is 0.106. The van der Waals surface area contributed by atoms with Gasteiger partial charge in [-0.2, -0.15) is 0 Å². The number of aliphatic hydroxyl groups is 1. The Morgan fingerprint density at radius 1 is 1.14 bits per heavy atom. The van der Waals surface area contributed by atoms with E-state index in [1.165, 1.54) is 37.8 Å². The molecule has 3 unspecified atom stereocenters. The molecule has 118 valence electrons. The molecular formula is C17H24N4O. The zero-order valence-electron chi connectivity index (χ0n) is 12.9. The van der Waals surface area contributed by atoms with Crippen molar-refractivity contribution in [3.05, 3.63) is 30.5 Å². The van der Waals surface area contributed by atoms with Crippen molar-refractivity contribution in [2.75, 3.05) is 6.54 Å². The van der Waals surface area contributed by atoms with Crippen LogP contribution < -0.4 is 0 Å². The van der Waals surface area contributed by atoms with E-state index in [2.05, 4.69) is 19.3 Å². The third kappa shape index (κ3) is 2.52. The van der Waals surface area contributed by atoms with E-state index < -0.39 is 0 Å². The second kappa shape index (κ2) is 5.97. The summed E-state index contributed by atoms with van der Waals surface area (Å²) in [6.07, 6.45) is 14.5. The normalized spacial score (nSPS) is 30.1. The predicted octanol–water partition coefficient (Wildman–Crippen LogP) is 2.24. The number of fused-ring (bicyclic) bond motifs is 1. The Labute approximate surface area is 131 Å². The lowest BCUT2D eigenvalue weighted by atomic mass is 9.80. The highest BCUT2D eigenvalue weighted by Gasteiger charge is 2.36. The highest BCUT2D eigenvalue weighted by molar-refractivity contribution is 5.36. The van der Waals surface area contributed by atoms with E-state index in [0.717, 1.165) is 25.2 Å². The molecule has 3 heterocycles. The van der Waals surface area contributed by atoms with Crippen LogP contribution in [-0.2, 0) is 6.54 Å². The number of imidazole rings is 1. The second-order valence-corrected chi connectivity index (χ2v) is 6.75. The lowest BCUT2D eigenvalue weighted by Gasteiger charge is -2.37. The van der Waals surface area contributed by atoms with E-state index in [0.29, 0.717) is 12.0 Å². The quantitative estimate of drug-likeness (QED) is 0.944. The molecule has 0 bridgehead atoms. The van der Waals surface area contributed by atoms with Gasteiger partial charge in [0.05, 0.1) is 24.2 Å². The summed E-state index contributed by atoms with van der Waals surface area (Å²) in [5.74, 6) is 0.456. The van der Waals surface area contributed by atoms with E-state index >= 15 is 0 Å². The molecule has 4 rings (SSSR count). The van der Waals surface area contributed by atoms with Gasteiger partial charge in [-0.1, -0.05) is 12.8 Å². The Morgan fingerprint density at radius 2 is 2.05 bits per heavy atom. The smallest absolute Gasteiger partial charge is 0.155 e. The van der Waals surface area contributed by atoms with Crippen molar-refractivity contribution >= 4 is 5.65 Å². The first-order valence-electron chi connectivity index (χ1n) is 8.51. The van der Waals surface area contributed by atoms with Gasteiger partial charge in [0.2, 0.25) is 0 Å². The van der Waals surface area contributed by atoms with Gasteiger partial charge in [-0.15, -0.1) is 0 Å². The molecule has 5 heteroatoms. The number of hydrogen-bond donors (Lipinski definition) is 1. The molecule has 5 nitrogen and oxygen atoms in total. The molecule has 1 aliphatic heterocycles. The average molecular weight is 300 g/mol. The summed E-state index contributed by atoms with van der Waals surface area (Å²) in [4.78, 5) is 11.1.